The zero-order valence-corrected chi connectivity index (χ0v) is 19.3. The van der Waals surface area contributed by atoms with Crippen LogP contribution in [-0.4, -0.2) is 33.6 Å². The van der Waals surface area contributed by atoms with E-state index in [1.807, 2.05) is 12.1 Å². The topological polar surface area (TPSA) is 119 Å². The summed E-state index contributed by atoms with van der Waals surface area (Å²) in [7, 11) is 0. The molecule has 10 nitrogen and oxygen atoms in total. The van der Waals surface area contributed by atoms with Crippen LogP contribution in [0.1, 0.15) is 44.3 Å². The Balaban J connectivity index is 1.60. The molecule has 0 aliphatic carbocycles. The molecule has 0 aromatic heterocycles. The number of rotatable bonds is 7. The minimum Gasteiger partial charge on any atom is -0.454 e. The molecule has 0 spiro atoms. The van der Waals surface area contributed by atoms with Gasteiger partial charge in [-0.05, 0) is 18.6 Å². The Kier molecular flexibility index (Phi) is 6.10. The van der Waals surface area contributed by atoms with Gasteiger partial charge in [0.2, 0.25) is 6.79 Å². The van der Waals surface area contributed by atoms with Gasteiger partial charge >= 0.3 is 0 Å². The number of hydrazone groups is 1. The molecular weight excluding hydrogens is 458 g/mol. The number of nitro groups is 1. The van der Waals surface area contributed by atoms with Crippen LogP contribution in [0.2, 0.25) is 0 Å². The zero-order chi connectivity index (χ0) is 23.7. The van der Waals surface area contributed by atoms with Crippen molar-refractivity contribution in [3.05, 3.63) is 62.7 Å². The number of unbranched alkanes of at least 4 members (excludes halogenated alkanes) is 3. The van der Waals surface area contributed by atoms with E-state index in [1.54, 1.807) is 18.2 Å². The van der Waals surface area contributed by atoms with Crippen LogP contribution in [0, 0.1) is 10.1 Å². The second-order valence-electron chi connectivity index (χ2n) is 8.00. The van der Waals surface area contributed by atoms with Crippen LogP contribution >= 0.6 is 11.8 Å². The van der Waals surface area contributed by atoms with Gasteiger partial charge in [0.25, 0.3) is 11.6 Å². The maximum Gasteiger partial charge on any atom is 0.280 e. The van der Waals surface area contributed by atoms with Crippen molar-refractivity contribution in [3.63, 3.8) is 0 Å². The van der Waals surface area contributed by atoms with Crippen molar-refractivity contribution in [1.29, 1.82) is 0 Å². The lowest BCUT2D eigenvalue weighted by molar-refractivity contribution is -0.386. The molecule has 34 heavy (non-hydrogen) atoms. The summed E-state index contributed by atoms with van der Waals surface area (Å²) in [5.74, 6) is 1.19. The molecule has 1 amide bonds. The fraction of sp³-hybridized carbons (Fsp3) is 0.348. The number of hydrogen-bond donors (Lipinski definition) is 1. The molecule has 0 bridgehead atoms. The van der Waals surface area contributed by atoms with Gasteiger partial charge < -0.3 is 9.47 Å². The predicted molar refractivity (Wildman–Crippen MR) is 127 cm³/mol. The normalized spacial score (nSPS) is 18.0. The van der Waals surface area contributed by atoms with Crippen molar-refractivity contribution < 1.29 is 19.2 Å². The molecule has 2 aromatic carbocycles. The van der Waals surface area contributed by atoms with Crippen LogP contribution in [0.5, 0.6) is 11.5 Å². The van der Waals surface area contributed by atoms with Crippen molar-refractivity contribution in [1.82, 2.24) is 10.3 Å². The summed E-state index contributed by atoms with van der Waals surface area (Å²) in [4.78, 5) is 29.4. The number of para-hydroxylation sites is 1. The monoisotopic (exact) mass is 481 g/mol. The van der Waals surface area contributed by atoms with Crippen LogP contribution in [0.4, 0.5) is 5.69 Å². The number of amidine groups is 1. The first-order valence-electron chi connectivity index (χ1n) is 11.1. The summed E-state index contributed by atoms with van der Waals surface area (Å²) in [6, 6.07) is 10.1. The number of carbonyl (C=O) groups is 1. The van der Waals surface area contributed by atoms with Gasteiger partial charge in [0.1, 0.15) is 5.70 Å². The van der Waals surface area contributed by atoms with E-state index in [1.165, 1.54) is 22.8 Å². The highest BCUT2D eigenvalue weighted by molar-refractivity contribution is 8.13. The number of amides is 1. The summed E-state index contributed by atoms with van der Waals surface area (Å²) >= 11 is 1.46. The molecule has 3 aliphatic rings. The average molecular weight is 482 g/mol. The number of ether oxygens (including phenoxy) is 2. The van der Waals surface area contributed by atoms with Gasteiger partial charge in [0.05, 0.1) is 21.9 Å². The average Bonchev–Trinajstić information content (AvgIpc) is 3.30. The van der Waals surface area contributed by atoms with Crippen molar-refractivity contribution >= 4 is 34.2 Å². The van der Waals surface area contributed by atoms with E-state index in [0.717, 1.165) is 31.4 Å². The van der Waals surface area contributed by atoms with Crippen LogP contribution in [-0.2, 0) is 4.79 Å². The van der Waals surface area contributed by atoms with E-state index in [4.69, 9.17) is 14.5 Å². The second-order valence-corrected chi connectivity index (χ2v) is 9.09. The Hall–Kier alpha value is -3.60. The standard InChI is InChI=1S/C23H23N5O5S/c1-2-3-4-7-10-34-23-25-22(29)20-14-8-5-6-9-16(14)24-21(27(20)26-23)15-11-18-19(33-13-32-18)12-17(15)28(30)31/h5-6,8-9,11-12,21H,2-4,7,10,13H2,1H3,(H,25,26,29)/t21-/m1/s1. The summed E-state index contributed by atoms with van der Waals surface area (Å²) in [6.07, 6.45) is 3.51. The molecule has 176 valence electrons. The lowest BCUT2D eigenvalue weighted by Crippen LogP contribution is -2.50. The lowest BCUT2D eigenvalue weighted by Gasteiger charge is -2.33. The largest absolute Gasteiger partial charge is 0.454 e. The van der Waals surface area contributed by atoms with Crippen LogP contribution < -0.4 is 25.4 Å². The van der Waals surface area contributed by atoms with Gasteiger partial charge in [-0.25, -0.2) is 5.01 Å². The third-order valence-electron chi connectivity index (χ3n) is 5.75. The van der Waals surface area contributed by atoms with Crippen molar-refractivity contribution in [2.45, 2.75) is 38.8 Å². The first kappa shape index (κ1) is 22.2. The molecule has 0 saturated carbocycles. The maximum atomic E-state index is 13.2. The molecule has 3 aliphatic heterocycles. The maximum absolute atomic E-state index is 13.2. The molecule has 0 saturated heterocycles. The first-order chi connectivity index (χ1) is 16.6. The fourth-order valence-corrected chi connectivity index (χ4v) is 4.96. The zero-order valence-electron chi connectivity index (χ0n) is 18.5. The van der Waals surface area contributed by atoms with Crippen molar-refractivity contribution in [3.8, 4) is 11.5 Å². The van der Waals surface area contributed by atoms with E-state index >= 15 is 0 Å². The van der Waals surface area contributed by atoms with E-state index in [0.29, 0.717) is 32.9 Å². The van der Waals surface area contributed by atoms with Crippen LogP contribution in [0.3, 0.4) is 0 Å². The molecule has 5 rings (SSSR count). The smallest absolute Gasteiger partial charge is 0.280 e. The molecule has 0 unspecified atom stereocenters. The molecular formula is C23H23N5O5S. The number of hydrogen-bond acceptors (Lipinski definition) is 9. The number of nitro benzene ring substituents is 1. The quantitative estimate of drug-likeness (QED) is 0.367. The lowest BCUT2D eigenvalue weighted by atomic mass is 10.1. The summed E-state index contributed by atoms with van der Waals surface area (Å²) in [5.41, 5.74) is 0.400. The number of benzene rings is 2. The fourth-order valence-electron chi connectivity index (χ4n) is 4.10. The Morgan fingerprint density at radius 1 is 1.21 bits per heavy atom. The highest BCUT2D eigenvalue weighted by Crippen LogP contribution is 2.43. The third kappa shape index (κ3) is 4.07. The van der Waals surface area contributed by atoms with E-state index in [-0.39, 0.29) is 24.0 Å². The minimum absolute atomic E-state index is 0.0128. The van der Waals surface area contributed by atoms with Crippen molar-refractivity contribution in [2.75, 3.05) is 12.5 Å². The number of fused-ring (bicyclic) bond motifs is 3. The summed E-state index contributed by atoms with van der Waals surface area (Å²) < 4.78 is 10.8. The van der Waals surface area contributed by atoms with Gasteiger partial charge in [0, 0.05) is 11.0 Å². The number of carbonyl (C=O) groups excluding carboxylic acids is 1. The summed E-state index contributed by atoms with van der Waals surface area (Å²) in [6.45, 7) is 2.14. The molecule has 0 fully saturated rings. The van der Waals surface area contributed by atoms with Gasteiger partial charge in [-0.1, -0.05) is 56.1 Å². The Morgan fingerprint density at radius 2 is 2.00 bits per heavy atom. The first-order valence-corrected chi connectivity index (χ1v) is 12.1. The predicted octanol–water partition coefficient (Wildman–Crippen LogP) is 2.78. The van der Waals surface area contributed by atoms with Gasteiger partial charge in [-0.2, -0.15) is 0 Å². The highest BCUT2D eigenvalue weighted by atomic mass is 32.2. The minimum atomic E-state index is -0.915. The van der Waals surface area contributed by atoms with Gasteiger partial charge in [0.15, 0.2) is 22.8 Å². The van der Waals surface area contributed by atoms with Gasteiger partial charge in [-0.15, -0.1) is 5.10 Å². The molecule has 1 N–H and O–H groups in total. The number of nitrogens with one attached hydrogen (secondary N) is 1. The molecule has 2 aromatic rings. The Morgan fingerprint density at radius 3 is 2.79 bits per heavy atom. The molecule has 3 heterocycles. The van der Waals surface area contributed by atoms with E-state index in [9.17, 15) is 14.9 Å². The summed E-state index contributed by atoms with van der Waals surface area (Å²) in [5, 5.41) is 22.6. The van der Waals surface area contributed by atoms with E-state index < -0.39 is 11.1 Å². The molecule has 1 atom stereocenters. The molecule has 0 radical (unpaired) electrons. The van der Waals surface area contributed by atoms with Gasteiger partial charge in [-0.3, -0.25) is 25.2 Å². The Labute approximate surface area is 199 Å². The van der Waals surface area contributed by atoms with Crippen LogP contribution in [0.25, 0.3) is 5.70 Å². The second kappa shape index (κ2) is 9.34. The number of thioether (sulfide) groups is 1. The highest BCUT2D eigenvalue weighted by Gasteiger charge is 2.38. The van der Waals surface area contributed by atoms with Crippen LogP contribution in [0.15, 0.2) is 46.5 Å². The SMILES string of the molecule is CCCCCCSC1=NN2C(=c3ccccc3=N[C@H]2c2cc3c(cc2[N+](=O)[O-])OCO3)C(=O)N1. The van der Waals surface area contributed by atoms with E-state index in [2.05, 4.69) is 17.3 Å². The Bertz CT molecular complexity index is 1310. The molecule has 11 heteroatoms. The third-order valence-corrected chi connectivity index (χ3v) is 6.70. The number of nitrogens with zero attached hydrogens (tertiary/aromatic N) is 4. The van der Waals surface area contributed by atoms with Crippen molar-refractivity contribution in [2.24, 2.45) is 10.1 Å².